The quantitative estimate of drug-likeness (QED) is 0.816. The Morgan fingerprint density at radius 3 is 2.70 bits per heavy atom. The van der Waals surface area contributed by atoms with Crippen molar-refractivity contribution < 1.29 is 9.59 Å². The first-order valence-electron chi connectivity index (χ1n) is 5.80. The van der Waals surface area contributed by atoms with Gasteiger partial charge >= 0.3 is 6.03 Å². The highest BCUT2D eigenvalue weighted by molar-refractivity contribution is 8.00. The maximum absolute atomic E-state index is 11.6. The van der Waals surface area contributed by atoms with Crippen LogP contribution in [0.25, 0.3) is 5.69 Å². The van der Waals surface area contributed by atoms with E-state index in [1.807, 2.05) is 35.6 Å². The Labute approximate surface area is 119 Å². The van der Waals surface area contributed by atoms with Crippen molar-refractivity contribution in [3.8, 4) is 5.69 Å². The normalized spacial score (nSPS) is 11.8. The Hall–Kier alpha value is -2.35. The van der Waals surface area contributed by atoms with E-state index in [1.54, 1.807) is 17.8 Å². The van der Waals surface area contributed by atoms with Crippen LogP contribution in [0.3, 0.4) is 0 Å². The molecule has 1 aromatic heterocycles. The first-order valence-corrected chi connectivity index (χ1v) is 6.68. The molecule has 2 rings (SSSR count). The lowest BCUT2D eigenvalue weighted by molar-refractivity contribution is -0.119. The predicted molar refractivity (Wildman–Crippen MR) is 74.4 cm³/mol. The molecular weight excluding hydrogens is 278 g/mol. The van der Waals surface area contributed by atoms with Gasteiger partial charge < -0.3 is 5.73 Å². The molecule has 20 heavy (non-hydrogen) atoms. The van der Waals surface area contributed by atoms with E-state index < -0.39 is 17.2 Å². The molecule has 8 heteroatoms. The molecule has 104 valence electrons. The summed E-state index contributed by atoms with van der Waals surface area (Å²) in [6, 6.07) is 8.64. The summed E-state index contributed by atoms with van der Waals surface area (Å²) >= 11 is 1.19. The van der Waals surface area contributed by atoms with E-state index in [9.17, 15) is 9.59 Å². The number of nitrogens with zero attached hydrogens (tertiary/aromatic N) is 3. The van der Waals surface area contributed by atoms with Crippen LogP contribution in [0.2, 0.25) is 0 Å². The van der Waals surface area contributed by atoms with E-state index in [2.05, 4.69) is 10.2 Å². The molecule has 1 aromatic carbocycles. The van der Waals surface area contributed by atoms with Gasteiger partial charge in [0.2, 0.25) is 5.91 Å². The molecule has 7 nitrogen and oxygen atoms in total. The number of hydrogen-bond acceptors (Lipinski definition) is 5. The number of hydrogen-bond donors (Lipinski definition) is 2. The molecule has 0 aliphatic rings. The average Bonchev–Trinajstić information content (AvgIpc) is 2.87. The minimum absolute atomic E-state index is 0.467. The third kappa shape index (κ3) is 3.35. The number of aromatic nitrogens is 3. The van der Waals surface area contributed by atoms with Crippen molar-refractivity contribution in [2.75, 3.05) is 0 Å². The van der Waals surface area contributed by atoms with Crippen molar-refractivity contribution in [1.82, 2.24) is 20.1 Å². The van der Waals surface area contributed by atoms with Gasteiger partial charge in [0.05, 0.1) is 5.25 Å². The number of primary amides is 1. The molecule has 3 N–H and O–H groups in total. The largest absolute Gasteiger partial charge is 0.351 e. The molecule has 0 bridgehead atoms. The van der Waals surface area contributed by atoms with Gasteiger partial charge in [-0.3, -0.25) is 14.7 Å². The number of urea groups is 1. The van der Waals surface area contributed by atoms with Gasteiger partial charge in [-0.15, -0.1) is 10.2 Å². The highest BCUT2D eigenvalue weighted by Crippen LogP contribution is 2.23. The fourth-order valence-corrected chi connectivity index (χ4v) is 2.35. The summed E-state index contributed by atoms with van der Waals surface area (Å²) in [4.78, 5) is 22.3. The smallest absolute Gasteiger partial charge is 0.318 e. The Morgan fingerprint density at radius 1 is 1.35 bits per heavy atom. The molecule has 1 atom stereocenters. The maximum Gasteiger partial charge on any atom is 0.318 e. The molecule has 0 fully saturated rings. The van der Waals surface area contributed by atoms with Crippen LogP contribution in [0.5, 0.6) is 0 Å². The SMILES string of the molecule is C[C@H](Sc1nncn1-c1ccccc1)C(=O)NC(N)=O. The van der Waals surface area contributed by atoms with Crippen LogP contribution in [0.4, 0.5) is 4.79 Å². The zero-order valence-corrected chi connectivity index (χ0v) is 11.5. The van der Waals surface area contributed by atoms with Crippen LogP contribution in [-0.2, 0) is 4.79 Å². The number of imide groups is 1. The van der Waals surface area contributed by atoms with Crippen LogP contribution in [0, 0.1) is 0 Å². The molecule has 1 heterocycles. The second-order valence-electron chi connectivity index (χ2n) is 3.93. The van der Waals surface area contributed by atoms with Crippen LogP contribution < -0.4 is 11.1 Å². The van der Waals surface area contributed by atoms with Gasteiger partial charge in [-0.05, 0) is 19.1 Å². The lowest BCUT2D eigenvalue weighted by Gasteiger charge is -2.10. The Balaban J connectivity index is 2.13. The summed E-state index contributed by atoms with van der Waals surface area (Å²) in [5.74, 6) is -0.467. The van der Waals surface area contributed by atoms with Crippen molar-refractivity contribution >= 4 is 23.7 Å². The van der Waals surface area contributed by atoms with Gasteiger partial charge in [0.1, 0.15) is 6.33 Å². The molecule has 0 aliphatic carbocycles. The number of amides is 3. The molecule has 0 saturated heterocycles. The van der Waals surface area contributed by atoms with Gasteiger partial charge in [-0.1, -0.05) is 30.0 Å². The summed E-state index contributed by atoms with van der Waals surface area (Å²) in [5.41, 5.74) is 5.80. The van der Waals surface area contributed by atoms with Gasteiger partial charge in [0.25, 0.3) is 0 Å². The maximum atomic E-state index is 11.6. The number of para-hydroxylation sites is 1. The van der Waals surface area contributed by atoms with Gasteiger partial charge in [-0.25, -0.2) is 4.79 Å². The summed E-state index contributed by atoms with van der Waals surface area (Å²) in [6.07, 6.45) is 1.57. The second kappa shape index (κ2) is 6.20. The minimum Gasteiger partial charge on any atom is -0.351 e. The van der Waals surface area contributed by atoms with Gasteiger partial charge in [0.15, 0.2) is 5.16 Å². The fraction of sp³-hybridized carbons (Fsp3) is 0.167. The van der Waals surface area contributed by atoms with E-state index in [1.165, 1.54) is 11.8 Å². The number of benzene rings is 1. The molecular formula is C12H13N5O2S. The standard InChI is InChI=1S/C12H13N5O2S/c1-8(10(18)15-11(13)19)20-12-16-14-7-17(12)9-5-3-2-4-6-9/h2-8H,1H3,(H3,13,15,18,19)/t8-/m0/s1. The van der Waals surface area contributed by atoms with Crippen molar-refractivity contribution in [3.05, 3.63) is 36.7 Å². The van der Waals surface area contributed by atoms with Crippen molar-refractivity contribution in [3.63, 3.8) is 0 Å². The van der Waals surface area contributed by atoms with Crippen molar-refractivity contribution in [1.29, 1.82) is 0 Å². The fourth-order valence-electron chi connectivity index (χ4n) is 1.51. The number of nitrogens with one attached hydrogen (secondary N) is 1. The van der Waals surface area contributed by atoms with E-state index >= 15 is 0 Å². The minimum atomic E-state index is -0.869. The first-order chi connectivity index (χ1) is 9.58. The van der Waals surface area contributed by atoms with Crippen LogP contribution >= 0.6 is 11.8 Å². The topological polar surface area (TPSA) is 103 Å². The Kier molecular flexibility index (Phi) is 4.36. The highest BCUT2D eigenvalue weighted by Gasteiger charge is 2.19. The number of carbonyl (C=O) groups is 2. The lowest BCUT2D eigenvalue weighted by atomic mass is 10.3. The summed E-state index contributed by atoms with van der Waals surface area (Å²) in [6.45, 7) is 1.66. The molecule has 3 amide bonds. The van der Waals surface area contributed by atoms with E-state index in [0.29, 0.717) is 5.16 Å². The average molecular weight is 291 g/mol. The third-order valence-electron chi connectivity index (χ3n) is 2.45. The van der Waals surface area contributed by atoms with Crippen LogP contribution in [-0.4, -0.2) is 32.0 Å². The summed E-state index contributed by atoms with van der Waals surface area (Å²) < 4.78 is 1.76. The van der Waals surface area contributed by atoms with Crippen LogP contribution in [0.1, 0.15) is 6.92 Å². The number of carbonyl (C=O) groups excluding carboxylic acids is 2. The number of thioether (sulfide) groups is 1. The monoisotopic (exact) mass is 291 g/mol. The molecule has 0 unspecified atom stereocenters. The summed E-state index contributed by atoms with van der Waals surface area (Å²) in [7, 11) is 0. The molecule has 2 aromatic rings. The lowest BCUT2D eigenvalue weighted by Crippen LogP contribution is -2.39. The predicted octanol–water partition coefficient (Wildman–Crippen LogP) is 0.943. The van der Waals surface area contributed by atoms with Gasteiger partial charge in [0, 0.05) is 5.69 Å². The van der Waals surface area contributed by atoms with Gasteiger partial charge in [-0.2, -0.15) is 0 Å². The molecule has 0 aliphatic heterocycles. The number of rotatable bonds is 4. The molecule has 0 spiro atoms. The molecule has 0 saturated carbocycles. The third-order valence-corrected chi connectivity index (χ3v) is 3.51. The number of nitrogens with two attached hydrogens (primary N) is 1. The zero-order valence-electron chi connectivity index (χ0n) is 10.7. The van der Waals surface area contributed by atoms with E-state index in [4.69, 9.17) is 5.73 Å². The van der Waals surface area contributed by atoms with E-state index in [0.717, 1.165) is 5.69 Å². The molecule has 0 radical (unpaired) electrons. The van der Waals surface area contributed by atoms with Crippen molar-refractivity contribution in [2.45, 2.75) is 17.3 Å². The second-order valence-corrected chi connectivity index (χ2v) is 5.24. The zero-order chi connectivity index (χ0) is 14.5. The first kappa shape index (κ1) is 14.1. The van der Waals surface area contributed by atoms with Crippen LogP contribution in [0.15, 0.2) is 41.8 Å². The Bertz CT molecular complexity index is 613. The van der Waals surface area contributed by atoms with E-state index in [-0.39, 0.29) is 0 Å². The van der Waals surface area contributed by atoms with Crippen molar-refractivity contribution in [2.24, 2.45) is 5.73 Å². The summed E-state index contributed by atoms with van der Waals surface area (Å²) in [5, 5.41) is 9.89. The Morgan fingerprint density at radius 2 is 2.05 bits per heavy atom. The highest BCUT2D eigenvalue weighted by atomic mass is 32.2.